The molecule has 1 aliphatic heterocycles. The highest BCUT2D eigenvalue weighted by molar-refractivity contribution is 6.33. The highest BCUT2D eigenvalue weighted by Crippen LogP contribution is 2.32. The van der Waals surface area contributed by atoms with Crippen molar-refractivity contribution in [3.8, 4) is 11.3 Å². The maximum absolute atomic E-state index is 6.45. The quantitative estimate of drug-likeness (QED) is 0.410. The van der Waals surface area contributed by atoms with Crippen molar-refractivity contribution in [2.45, 2.75) is 44.6 Å². The molecule has 0 amide bonds. The van der Waals surface area contributed by atoms with Crippen LogP contribution in [0.5, 0.6) is 0 Å². The van der Waals surface area contributed by atoms with Crippen LogP contribution in [-0.4, -0.2) is 52.1 Å². The van der Waals surface area contributed by atoms with Gasteiger partial charge in [0.15, 0.2) is 0 Å². The third kappa shape index (κ3) is 5.12. The molecule has 1 atom stereocenters. The molecule has 0 radical (unpaired) electrons. The van der Waals surface area contributed by atoms with Crippen LogP contribution in [0.4, 0.5) is 5.95 Å². The first-order valence-electron chi connectivity index (χ1n) is 11.0. The average Bonchev–Trinajstić information content (AvgIpc) is 3.39. The van der Waals surface area contributed by atoms with Gasteiger partial charge in [0.1, 0.15) is 0 Å². The molecule has 3 aromatic rings. The van der Waals surface area contributed by atoms with Gasteiger partial charge in [-0.25, -0.2) is 9.97 Å². The van der Waals surface area contributed by atoms with Crippen molar-refractivity contribution in [1.82, 2.24) is 19.9 Å². The van der Waals surface area contributed by atoms with E-state index in [0.717, 1.165) is 54.6 Å². The number of rotatable bonds is 10. The van der Waals surface area contributed by atoms with E-state index < -0.39 is 0 Å². The Hall–Kier alpha value is -2.15. The number of nitrogens with two attached hydrogens (primary N) is 1. The summed E-state index contributed by atoms with van der Waals surface area (Å²) in [7, 11) is 0. The Balaban J connectivity index is 1.34. The minimum Gasteiger partial charge on any atom is -0.360 e. The van der Waals surface area contributed by atoms with Gasteiger partial charge < -0.3 is 20.9 Å². The smallest absolute Gasteiger partial charge is 0.223 e. The monoisotopic (exact) mass is 426 g/mol. The van der Waals surface area contributed by atoms with E-state index in [9.17, 15) is 0 Å². The van der Waals surface area contributed by atoms with Gasteiger partial charge in [-0.3, -0.25) is 0 Å². The molecule has 30 heavy (non-hydrogen) atoms. The van der Waals surface area contributed by atoms with E-state index in [4.69, 9.17) is 22.3 Å². The number of benzene rings is 1. The topological polar surface area (TPSA) is 82.9 Å². The van der Waals surface area contributed by atoms with Gasteiger partial charge >= 0.3 is 0 Å². The number of nitrogens with zero attached hydrogens (tertiary/aromatic N) is 3. The normalized spacial score (nSPS) is 17.1. The molecular formula is C23H31ClN6. The Morgan fingerprint density at radius 3 is 2.90 bits per heavy atom. The van der Waals surface area contributed by atoms with Crippen LogP contribution in [0.2, 0.25) is 5.02 Å². The number of unbranched alkanes of at least 4 members (excludes halogenated alkanes) is 4. The fourth-order valence-electron chi connectivity index (χ4n) is 4.24. The van der Waals surface area contributed by atoms with E-state index in [-0.39, 0.29) is 0 Å². The van der Waals surface area contributed by atoms with Crippen molar-refractivity contribution >= 4 is 28.5 Å². The summed E-state index contributed by atoms with van der Waals surface area (Å²) < 4.78 is 0. The van der Waals surface area contributed by atoms with E-state index in [0.29, 0.717) is 17.0 Å². The lowest BCUT2D eigenvalue weighted by atomic mass is 10.1. The minimum atomic E-state index is 0.374. The lowest BCUT2D eigenvalue weighted by Gasteiger charge is -2.17. The highest BCUT2D eigenvalue weighted by atomic mass is 35.5. The average molecular weight is 427 g/mol. The zero-order valence-electron chi connectivity index (χ0n) is 17.4. The minimum absolute atomic E-state index is 0.374. The molecule has 0 saturated carbocycles. The van der Waals surface area contributed by atoms with Gasteiger partial charge in [-0.15, -0.1) is 0 Å². The number of aromatic nitrogens is 3. The van der Waals surface area contributed by atoms with Crippen LogP contribution in [0.3, 0.4) is 0 Å². The molecule has 4 N–H and O–H groups in total. The summed E-state index contributed by atoms with van der Waals surface area (Å²) in [5.74, 6) is 0.647. The predicted octanol–water partition coefficient (Wildman–Crippen LogP) is 4.67. The lowest BCUT2D eigenvalue weighted by Crippen LogP contribution is -2.27. The SMILES string of the molecule is NCCCCCCCN1CC[C@@H](Nc2ncc(Cl)c(-c3c[nH]c4ccccc34)n2)C1. The second-order valence-corrected chi connectivity index (χ2v) is 8.53. The summed E-state index contributed by atoms with van der Waals surface area (Å²) in [4.78, 5) is 15.0. The fourth-order valence-corrected chi connectivity index (χ4v) is 4.43. The summed E-state index contributed by atoms with van der Waals surface area (Å²) in [6.45, 7) is 4.15. The van der Waals surface area contributed by atoms with Gasteiger partial charge in [0.05, 0.1) is 16.9 Å². The summed E-state index contributed by atoms with van der Waals surface area (Å²) in [6, 6.07) is 8.55. The van der Waals surface area contributed by atoms with Crippen LogP contribution in [0.25, 0.3) is 22.2 Å². The summed E-state index contributed by atoms with van der Waals surface area (Å²) in [5, 5.41) is 5.20. The predicted molar refractivity (Wildman–Crippen MR) is 125 cm³/mol. The van der Waals surface area contributed by atoms with Gasteiger partial charge in [-0.1, -0.05) is 49.1 Å². The second kappa shape index (κ2) is 10.2. The van der Waals surface area contributed by atoms with Crippen molar-refractivity contribution in [1.29, 1.82) is 0 Å². The summed E-state index contributed by atoms with van der Waals surface area (Å²) >= 11 is 6.45. The number of likely N-dealkylation sites (tertiary alicyclic amines) is 1. The molecule has 3 heterocycles. The summed E-state index contributed by atoms with van der Waals surface area (Å²) in [5.41, 5.74) is 8.40. The number of hydrogen-bond donors (Lipinski definition) is 3. The largest absolute Gasteiger partial charge is 0.360 e. The molecule has 1 aliphatic rings. The number of aromatic amines is 1. The molecule has 4 rings (SSSR count). The maximum atomic E-state index is 6.45. The van der Waals surface area contributed by atoms with Crippen molar-refractivity contribution < 1.29 is 0 Å². The molecule has 2 aromatic heterocycles. The van der Waals surface area contributed by atoms with E-state index in [1.807, 2.05) is 18.3 Å². The number of halogens is 1. The molecule has 1 aromatic carbocycles. The number of hydrogen-bond acceptors (Lipinski definition) is 5. The summed E-state index contributed by atoms with van der Waals surface area (Å²) in [6.07, 6.45) is 11.0. The highest BCUT2D eigenvalue weighted by Gasteiger charge is 2.23. The molecule has 0 spiro atoms. The molecule has 1 saturated heterocycles. The Bertz CT molecular complexity index is 956. The Morgan fingerprint density at radius 2 is 2.00 bits per heavy atom. The van der Waals surface area contributed by atoms with Crippen molar-refractivity contribution in [2.75, 3.05) is 31.5 Å². The van der Waals surface area contributed by atoms with Crippen LogP contribution in [-0.2, 0) is 0 Å². The first-order chi connectivity index (χ1) is 14.7. The maximum Gasteiger partial charge on any atom is 0.223 e. The van der Waals surface area contributed by atoms with Crippen LogP contribution < -0.4 is 11.1 Å². The van der Waals surface area contributed by atoms with Crippen molar-refractivity contribution in [3.63, 3.8) is 0 Å². The fraction of sp³-hybridized carbons (Fsp3) is 0.478. The molecule has 0 unspecified atom stereocenters. The second-order valence-electron chi connectivity index (χ2n) is 8.13. The molecule has 6 nitrogen and oxygen atoms in total. The van der Waals surface area contributed by atoms with E-state index in [2.05, 4.69) is 32.3 Å². The number of para-hydroxylation sites is 1. The molecular weight excluding hydrogens is 396 g/mol. The van der Waals surface area contributed by atoms with Gasteiger partial charge in [0, 0.05) is 41.8 Å². The lowest BCUT2D eigenvalue weighted by molar-refractivity contribution is 0.325. The number of nitrogens with one attached hydrogen (secondary N) is 2. The van der Waals surface area contributed by atoms with Crippen LogP contribution in [0.1, 0.15) is 38.5 Å². The van der Waals surface area contributed by atoms with Gasteiger partial charge in [0.25, 0.3) is 0 Å². The number of fused-ring (bicyclic) bond motifs is 1. The standard InChI is InChI=1S/C23H31ClN6/c24-20-15-27-23(29-22(20)19-14-26-21-9-5-4-8-18(19)21)28-17-10-13-30(16-17)12-7-3-1-2-6-11-25/h4-5,8-9,14-15,17,26H,1-3,6-7,10-13,16,25H2,(H,27,28,29)/t17-/m1/s1. The molecule has 7 heteroatoms. The molecule has 0 aliphatic carbocycles. The van der Waals surface area contributed by atoms with Crippen LogP contribution in [0.15, 0.2) is 36.7 Å². The zero-order chi connectivity index (χ0) is 20.8. The van der Waals surface area contributed by atoms with Crippen LogP contribution >= 0.6 is 11.6 Å². The first-order valence-corrected chi connectivity index (χ1v) is 11.4. The van der Waals surface area contributed by atoms with Crippen molar-refractivity contribution in [3.05, 3.63) is 41.7 Å². The molecule has 1 fully saturated rings. The molecule has 0 bridgehead atoms. The first kappa shape index (κ1) is 21.1. The van der Waals surface area contributed by atoms with Gasteiger partial charge in [0.2, 0.25) is 5.95 Å². The Morgan fingerprint density at radius 1 is 1.17 bits per heavy atom. The van der Waals surface area contributed by atoms with E-state index in [1.165, 1.54) is 32.2 Å². The zero-order valence-corrected chi connectivity index (χ0v) is 18.2. The van der Waals surface area contributed by atoms with Gasteiger partial charge in [-0.05, 0) is 38.4 Å². The Kier molecular flexibility index (Phi) is 7.20. The molecule has 160 valence electrons. The van der Waals surface area contributed by atoms with E-state index in [1.54, 1.807) is 6.20 Å². The number of H-pyrrole nitrogens is 1. The van der Waals surface area contributed by atoms with E-state index >= 15 is 0 Å². The number of anilines is 1. The Labute approximate surface area is 183 Å². The van der Waals surface area contributed by atoms with Crippen molar-refractivity contribution in [2.24, 2.45) is 5.73 Å². The van der Waals surface area contributed by atoms with Crippen LogP contribution in [0, 0.1) is 0 Å². The third-order valence-corrected chi connectivity index (χ3v) is 6.15. The van der Waals surface area contributed by atoms with Gasteiger partial charge in [-0.2, -0.15) is 0 Å². The third-order valence-electron chi connectivity index (χ3n) is 5.87.